The van der Waals surface area contributed by atoms with Gasteiger partial charge in [0.15, 0.2) is 0 Å². The molecule has 0 nitrogen and oxygen atoms in total. The first kappa shape index (κ1) is 76.4. The molecular formula is C87H118P8. The van der Waals surface area contributed by atoms with Gasteiger partial charge in [-0.3, -0.25) is 0 Å². The minimum atomic E-state index is -0.397. The minimum Gasteiger partial charge on any atom is -0.101 e. The molecule has 4 saturated heterocycles. The normalized spacial score (nSPS) is 22.5. The van der Waals surface area contributed by atoms with E-state index in [1.54, 1.807) is 37.5 Å². The van der Waals surface area contributed by atoms with Gasteiger partial charge < -0.3 is 0 Å². The topological polar surface area (TPSA) is 0 Å². The van der Waals surface area contributed by atoms with Crippen LogP contribution in [0.2, 0.25) is 0 Å². The van der Waals surface area contributed by atoms with Gasteiger partial charge in [0.05, 0.1) is 0 Å². The van der Waals surface area contributed by atoms with E-state index in [1.165, 1.54) is 100.0 Å². The van der Waals surface area contributed by atoms with E-state index in [2.05, 4.69) is 333 Å². The Bertz CT molecular complexity index is 3040. The molecule has 4 fully saturated rings. The highest BCUT2D eigenvalue weighted by atomic mass is 31.1. The van der Waals surface area contributed by atoms with Gasteiger partial charge in [-0.25, -0.2) is 0 Å². The zero-order valence-electron chi connectivity index (χ0n) is 60.5. The largest absolute Gasteiger partial charge is 0.101 e. The maximum absolute atomic E-state index is 2.52. The van der Waals surface area contributed by atoms with E-state index in [-0.39, 0.29) is 31.7 Å². The number of rotatable bonds is 20. The zero-order chi connectivity index (χ0) is 67.3. The summed E-state index contributed by atoms with van der Waals surface area (Å²) in [6.45, 7) is 32.5. The van der Waals surface area contributed by atoms with Crippen molar-refractivity contribution in [1.82, 2.24) is 0 Å². The molecule has 8 heteroatoms. The van der Waals surface area contributed by atoms with Crippen molar-refractivity contribution < 1.29 is 0 Å². The van der Waals surface area contributed by atoms with Crippen molar-refractivity contribution in [3.63, 3.8) is 0 Å². The van der Waals surface area contributed by atoms with Crippen LogP contribution in [0.3, 0.4) is 0 Å². The summed E-state index contributed by atoms with van der Waals surface area (Å²) >= 11 is 0. The maximum atomic E-state index is 2.52. The van der Waals surface area contributed by atoms with Crippen LogP contribution in [0, 0.1) is 0 Å². The van der Waals surface area contributed by atoms with Crippen LogP contribution in [-0.2, 0) is 0 Å². The molecule has 0 saturated carbocycles. The molecule has 0 spiro atoms. The summed E-state index contributed by atoms with van der Waals surface area (Å²) in [5, 5.41) is 13.0. The molecule has 4 heterocycles. The molecule has 8 aromatic rings. The summed E-state index contributed by atoms with van der Waals surface area (Å²) in [6.07, 6.45) is 22.3. The van der Waals surface area contributed by atoms with Gasteiger partial charge in [-0.05, 0) is 230 Å². The van der Waals surface area contributed by atoms with Gasteiger partial charge in [-0.1, -0.05) is 349 Å². The molecule has 0 aliphatic carbocycles. The molecular weight excluding hydrogens is 1290 g/mol. The summed E-state index contributed by atoms with van der Waals surface area (Å²) in [7, 11) is -0.147. The molecule has 506 valence electrons. The fourth-order valence-corrected chi connectivity index (χ4v) is 42.6. The Balaban J connectivity index is 0.000000155. The number of hydrogen-bond donors (Lipinski definition) is 0. The lowest BCUT2D eigenvalue weighted by Gasteiger charge is -2.42. The molecule has 4 aliphatic rings. The van der Waals surface area contributed by atoms with Gasteiger partial charge in [-0.15, -0.1) is 15.8 Å². The SMILES string of the molecule is CC(C)(C)P1CCC[C@@H]1[C@H]1CCC[P@]1C(C)(C)C.C[C@@H](CCP(c1ccccc1)c1ccccc1)P(c1ccccc1)c1ccccc1.C[C@@H](C[C@H](C)P(c1ccccc1)c1ccccc1)P(c1ccccc1)c1ccccc1.C[C@H]1CC[C@H](C)P1CCP1[C@@H](C)CC[C@@H]1C. The van der Waals surface area contributed by atoms with Crippen LogP contribution in [0.25, 0.3) is 0 Å². The molecule has 8 aromatic carbocycles. The maximum Gasteiger partial charge on any atom is -0.0136 e. The van der Waals surface area contributed by atoms with Crippen molar-refractivity contribution in [2.45, 2.75) is 215 Å². The smallest absolute Gasteiger partial charge is 0.0136 e. The van der Waals surface area contributed by atoms with Crippen LogP contribution in [0.15, 0.2) is 243 Å². The molecule has 0 radical (unpaired) electrons. The summed E-state index contributed by atoms with van der Waals surface area (Å²) in [5.74, 6) is 0. The fraction of sp³-hybridized carbons (Fsp3) is 0.448. The first-order valence-corrected chi connectivity index (χ1v) is 48.8. The Kier molecular flexibility index (Phi) is 30.8. The fourth-order valence-electron chi connectivity index (χ4n) is 15.9. The third-order valence-electron chi connectivity index (χ3n) is 20.8. The van der Waals surface area contributed by atoms with E-state index in [4.69, 9.17) is 0 Å². The Morgan fingerprint density at radius 1 is 0.326 bits per heavy atom. The molecule has 0 amide bonds. The van der Waals surface area contributed by atoms with Gasteiger partial charge >= 0.3 is 0 Å². The highest BCUT2D eigenvalue weighted by Gasteiger charge is 2.46. The van der Waals surface area contributed by atoms with Crippen molar-refractivity contribution in [1.29, 1.82) is 0 Å². The van der Waals surface area contributed by atoms with Gasteiger partial charge in [0.2, 0.25) is 0 Å². The molecule has 12 rings (SSSR count). The first-order valence-electron chi connectivity index (χ1n) is 36.5. The predicted octanol–water partition coefficient (Wildman–Crippen LogP) is 23.4. The average Bonchev–Trinajstić information content (AvgIpc) is 1.69. The highest BCUT2D eigenvalue weighted by molar-refractivity contribution is 7.75. The molecule has 0 N–H and O–H groups in total. The molecule has 1 unspecified atom stereocenters. The van der Waals surface area contributed by atoms with E-state index >= 15 is 0 Å². The summed E-state index contributed by atoms with van der Waals surface area (Å²) in [5.41, 5.74) is 8.38. The molecule has 0 aromatic heterocycles. The Morgan fingerprint density at radius 3 is 0.800 bits per heavy atom. The van der Waals surface area contributed by atoms with Crippen molar-refractivity contribution in [3.05, 3.63) is 243 Å². The Labute approximate surface area is 590 Å². The van der Waals surface area contributed by atoms with Crippen molar-refractivity contribution >= 4 is 106 Å². The van der Waals surface area contributed by atoms with Gasteiger partial charge in [-0.2, -0.15) is 0 Å². The van der Waals surface area contributed by atoms with Crippen LogP contribution < -0.4 is 42.4 Å². The van der Waals surface area contributed by atoms with Crippen LogP contribution in [0.5, 0.6) is 0 Å². The third-order valence-corrected chi connectivity index (χ3v) is 47.3. The quantitative estimate of drug-likeness (QED) is 0.0667. The first-order chi connectivity index (χ1) is 45.9. The summed E-state index contributed by atoms with van der Waals surface area (Å²) in [4.78, 5) is 0. The minimum absolute atomic E-state index is 0.282. The van der Waals surface area contributed by atoms with Gasteiger partial charge in [0, 0.05) is 0 Å². The highest BCUT2D eigenvalue weighted by Crippen LogP contribution is 2.70. The van der Waals surface area contributed by atoms with Crippen molar-refractivity contribution in [2.24, 2.45) is 0 Å². The Morgan fingerprint density at radius 2 is 0.558 bits per heavy atom. The summed E-state index contributed by atoms with van der Waals surface area (Å²) in [6, 6.07) is 88.9. The van der Waals surface area contributed by atoms with E-state index < -0.39 is 15.8 Å². The lowest BCUT2D eigenvalue weighted by atomic mass is 10.1. The van der Waals surface area contributed by atoms with Crippen LogP contribution in [-0.4, -0.2) is 92.1 Å². The average molecular weight is 1410 g/mol. The molecule has 11 atom stereocenters. The Hall–Kier alpha value is -2.80. The molecule has 4 aliphatic heterocycles. The van der Waals surface area contributed by atoms with Crippen LogP contribution in [0.4, 0.5) is 0 Å². The second-order valence-corrected chi connectivity index (χ2v) is 53.3. The standard InChI is InChI=1S/C29H30P2.C28H28P2.C16H32P2.C14H28P2/c1-24(30(26-15-7-3-8-16-26)27-17-9-4-10-18-27)23-25(2)31(28-19-11-5-12-20-28)29-21-13-6-14-22-29;1-24(30(27-18-10-4-11-19-27)28-20-12-5-13-21-28)22-23-29(25-14-6-2-7-15-25)26-16-8-3-9-17-26;1-15(2,3)17-11-7-9-13(17)14-10-8-12-18(14)16(4,5)6;1-11-5-6-12(2)15(11)9-10-16-13(3)7-8-14(16)4/h3-22,24-25H,23H2,1-2H3;2-21,24H,22-23H2,1H3;13-14H,7-12H2,1-6H3;11-14H,5-10H2,1-4H3/t24-,25-;24-;13-,14-,17+,18?;11-,12-,13-,14-/m0010/s1. The van der Waals surface area contributed by atoms with E-state index in [0.717, 1.165) is 34.0 Å². The molecule has 0 bridgehead atoms. The van der Waals surface area contributed by atoms with E-state index in [1.807, 2.05) is 0 Å². The van der Waals surface area contributed by atoms with Gasteiger partial charge in [0.1, 0.15) is 0 Å². The van der Waals surface area contributed by atoms with Crippen LogP contribution in [0.1, 0.15) is 154 Å². The van der Waals surface area contributed by atoms with E-state index in [0.29, 0.717) is 43.1 Å². The van der Waals surface area contributed by atoms with E-state index in [9.17, 15) is 0 Å². The molecule has 95 heavy (non-hydrogen) atoms. The van der Waals surface area contributed by atoms with Gasteiger partial charge in [0.25, 0.3) is 0 Å². The van der Waals surface area contributed by atoms with Crippen LogP contribution >= 0.6 is 63.4 Å². The predicted molar refractivity (Wildman–Crippen MR) is 448 cm³/mol. The number of hydrogen-bond acceptors (Lipinski definition) is 0. The van der Waals surface area contributed by atoms with Crippen molar-refractivity contribution in [2.75, 3.05) is 30.8 Å². The lowest BCUT2D eigenvalue weighted by molar-refractivity contribution is 0.671. The second-order valence-electron chi connectivity index (χ2n) is 29.7. The number of benzene rings is 8. The zero-order valence-corrected chi connectivity index (χ0v) is 67.6. The lowest BCUT2D eigenvalue weighted by Crippen LogP contribution is -2.29. The third kappa shape index (κ3) is 22.1. The summed E-state index contributed by atoms with van der Waals surface area (Å²) < 4.78 is 0. The second kappa shape index (κ2) is 38.3. The monoisotopic (exact) mass is 1410 g/mol. The van der Waals surface area contributed by atoms with Crippen molar-refractivity contribution in [3.8, 4) is 0 Å².